The van der Waals surface area contributed by atoms with E-state index in [9.17, 15) is 4.79 Å². The second-order valence-corrected chi connectivity index (χ2v) is 3.56. The lowest BCUT2D eigenvalue weighted by molar-refractivity contribution is -0.120. The second-order valence-electron chi connectivity index (χ2n) is 3.56. The first kappa shape index (κ1) is 10.5. The number of nitrogens with one attached hydrogen (secondary N) is 1. The van der Waals surface area contributed by atoms with Gasteiger partial charge >= 0.3 is 0 Å². The second kappa shape index (κ2) is 4.65. The Morgan fingerprint density at radius 1 is 1.62 bits per heavy atom. The Balaban J connectivity index is 1.80. The number of nitrogens with zero attached hydrogens (tertiary/aromatic N) is 2. The third-order valence-electron chi connectivity index (χ3n) is 2.16. The van der Waals surface area contributed by atoms with E-state index < -0.39 is 0 Å². The van der Waals surface area contributed by atoms with E-state index in [0.717, 1.165) is 5.56 Å². The van der Waals surface area contributed by atoms with Crippen LogP contribution in [0.15, 0.2) is 35.2 Å². The highest BCUT2D eigenvalue weighted by Crippen LogP contribution is 2.01. The summed E-state index contributed by atoms with van der Waals surface area (Å²) in [5, 5.41) is 6.82. The van der Waals surface area contributed by atoms with Gasteiger partial charge in [0.25, 0.3) is 0 Å². The summed E-state index contributed by atoms with van der Waals surface area (Å²) in [5.74, 6) is 0.613. The Labute approximate surface area is 93.1 Å². The highest BCUT2D eigenvalue weighted by atomic mass is 16.3. The number of aryl methyl sites for hydroxylation is 1. The van der Waals surface area contributed by atoms with E-state index in [1.165, 1.54) is 0 Å². The van der Waals surface area contributed by atoms with Crippen molar-refractivity contribution in [3.05, 3.63) is 42.1 Å². The van der Waals surface area contributed by atoms with Crippen LogP contribution in [0.2, 0.25) is 0 Å². The van der Waals surface area contributed by atoms with Crippen LogP contribution in [-0.2, 0) is 24.8 Å². The van der Waals surface area contributed by atoms with E-state index in [1.54, 1.807) is 29.3 Å². The zero-order valence-corrected chi connectivity index (χ0v) is 9.01. The molecule has 16 heavy (non-hydrogen) atoms. The molecule has 0 spiro atoms. The first-order valence-corrected chi connectivity index (χ1v) is 5.00. The molecule has 0 fully saturated rings. The molecule has 0 aliphatic heterocycles. The van der Waals surface area contributed by atoms with Crippen LogP contribution < -0.4 is 5.32 Å². The molecule has 0 bridgehead atoms. The first-order valence-electron chi connectivity index (χ1n) is 5.00. The van der Waals surface area contributed by atoms with Crippen molar-refractivity contribution in [3.63, 3.8) is 0 Å². The number of amides is 1. The number of aromatic nitrogens is 2. The molecule has 0 unspecified atom stereocenters. The molecule has 0 saturated carbocycles. The van der Waals surface area contributed by atoms with Crippen LogP contribution in [0.4, 0.5) is 0 Å². The quantitative estimate of drug-likeness (QED) is 0.830. The summed E-state index contributed by atoms with van der Waals surface area (Å²) >= 11 is 0. The predicted octanol–water partition coefficient (Wildman–Crippen LogP) is 0.872. The van der Waals surface area contributed by atoms with Crippen molar-refractivity contribution in [2.75, 3.05) is 0 Å². The number of hydrogen-bond donors (Lipinski definition) is 1. The molecule has 84 valence electrons. The van der Waals surface area contributed by atoms with E-state index in [0.29, 0.717) is 12.3 Å². The van der Waals surface area contributed by atoms with Crippen molar-refractivity contribution in [1.29, 1.82) is 0 Å². The molecule has 2 aromatic heterocycles. The summed E-state index contributed by atoms with van der Waals surface area (Å²) < 4.78 is 6.79. The van der Waals surface area contributed by atoms with Gasteiger partial charge in [-0.2, -0.15) is 5.10 Å². The van der Waals surface area contributed by atoms with Gasteiger partial charge in [0.15, 0.2) is 0 Å². The van der Waals surface area contributed by atoms with E-state index in [4.69, 9.17) is 4.42 Å². The normalized spacial score (nSPS) is 10.3. The molecular formula is C11H13N3O2. The Morgan fingerprint density at radius 3 is 3.12 bits per heavy atom. The Kier molecular flexibility index (Phi) is 3.05. The van der Waals surface area contributed by atoms with Crippen molar-refractivity contribution in [2.24, 2.45) is 7.05 Å². The first-order chi connectivity index (χ1) is 7.74. The van der Waals surface area contributed by atoms with Crippen LogP contribution in [-0.4, -0.2) is 15.7 Å². The molecule has 2 heterocycles. The maximum absolute atomic E-state index is 11.5. The smallest absolute Gasteiger partial charge is 0.227 e. The summed E-state index contributed by atoms with van der Waals surface area (Å²) in [7, 11) is 1.84. The van der Waals surface area contributed by atoms with Crippen LogP contribution in [0.1, 0.15) is 11.3 Å². The van der Waals surface area contributed by atoms with Crippen molar-refractivity contribution in [2.45, 2.75) is 13.0 Å². The minimum atomic E-state index is -0.0567. The molecule has 2 rings (SSSR count). The largest absolute Gasteiger partial charge is 0.469 e. The number of rotatable bonds is 4. The molecule has 5 heteroatoms. The zero-order chi connectivity index (χ0) is 11.4. The van der Waals surface area contributed by atoms with Crippen LogP contribution in [0.3, 0.4) is 0 Å². The van der Waals surface area contributed by atoms with Gasteiger partial charge in [-0.3, -0.25) is 9.48 Å². The molecular weight excluding hydrogens is 206 g/mol. The van der Waals surface area contributed by atoms with E-state index in [-0.39, 0.29) is 12.3 Å². The lowest BCUT2D eigenvalue weighted by Crippen LogP contribution is -2.24. The average Bonchev–Trinajstić information content (AvgIpc) is 2.87. The molecule has 2 aromatic rings. The molecule has 0 aliphatic carbocycles. The van der Waals surface area contributed by atoms with Crippen LogP contribution in [0.5, 0.6) is 0 Å². The fourth-order valence-electron chi connectivity index (χ4n) is 1.40. The fraction of sp³-hybridized carbons (Fsp3) is 0.273. The van der Waals surface area contributed by atoms with Crippen molar-refractivity contribution < 1.29 is 9.21 Å². The fourth-order valence-corrected chi connectivity index (χ4v) is 1.40. The molecule has 0 radical (unpaired) electrons. The van der Waals surface area contributed by atoms with Crippen molar-refractivity contribution in [3.8, 4) is 0 Å². The van der Waals surface area contributed by atoms with Gasteiger partial charge in [-0.15, -0.1) is 0 Å². The monoisotopic (exact) mass is 219 g/mol. The zero-order valence-electron chi connectivity index (χ0n) is 9.01. The third kappa shape index (κ3) is 2.73. The van der Waals surface area contributed by atoms with Gasteiger partial charge in [0.05, 0.1) is 18.9 Å². The van der Waals surface area contributed by atoms with Gasteiger partial charge < -0.3 is 9.73 Å². The topological polar surface area (TPSA) is 60.1 Å². The third-order valence-corrected chi connectivity index (χ3v) is 2.16. The van der Waals surface area contributed by atoms with Crippen LogP contribution in [0.25, 0.3) is 0 Å². The number of hydrogen-bond acceptors (Lipinski definition) is 3. The molecule has 0 atom stereocenters. The number of carbonyl (C=O) groups excluding carboxylic acids is 1. The standard InChI is InChI=1S/C11H13N3O2/c1-14-8-9(7-13-14)6-12-11(15)5-10-3-2-4-16-10/h2-4,7-8H,5-6H2,1H3,(H,12,15). The van der Waals surface area contributed by atoms with Crippen molar-refractivity contribution >= 4 is 5.91 Å². The molecule has 0 saturated heterocycles. The Morgan fingerprint density at radius 2 is 2.50 bits per heavy atom. The summed E-state index contributed by atoms with van der Waals surface area (Å²) in [4.78, 5) is 11.5. The number of carbonyl (C=O) groups is 1. The summed E-state index contributed by atoms with van der Waals surface area (Å²) in [6.07, 6.45) is 5.43. The van der Waals surface area contributed by atoms with Crippen LogP contribution in [0, 0.1) is 0 Å². The summed E-state index contributed by atoms with van der Waals surface area (Å²) in [5.41, 5.74) is 0.982. The molecule has 1 amide bonds. The highest BCUT2D eigenvalue weighted by Gasteiger charge is 2.05. The molecule has 1 N–H and O–H groups in total. The molecule has 0 aliphatic rings. The minimum absolute atomic E-state index is 0.0567. The maximum Gasteiger partial charge on any atom is 0.227 e. The number of furan rings is 1. The molecule has 0 aromatic carbocycles. The van der Waals surface area contributed by atoms with E-state index in [2.05, 4.69) is 10.4 Å². The molecule has 5 nitrogen and oxygen atoms in total. The van der Waals surface area contributed by atoms with Gasteiger partial charge in [0.2, 0.25) is 5.91 Å². The maximum atomic E-state index is 11.5. The van der Waals surface area contributed by atoms with Gasteiger partial charge in [0, 0.05) is 25.4 Å². The van der Waals surface area contributed by atoms with Crippen LogP contribution >= 0.6 is 0 Å². The Hall–Kier alpha value is -2.04. The Bertz CT molecular complexity index is 459. The lowest BCUT2D eigenvalue weighted by Gasteiger charge is -2.01. The van der Waals surface area contributed by atoms with Crippen molar-refractivity contribution in [1.82, 2.24) is 15.1 Å². The highest BCUT2D eigenvalue weighted by molar-refractivity contribution is 5.77. The van der Waals surface area contributed by atoms with Gasteiger partial charge in [-0.05, 0) is 12.1 Å². The van der Waals surface area contributed by atoms with Gasteiger partial charge in [-0.1, -0.05) is 0 Å². The lowest BCUT2D eigenvalue weighted by atomic mass is 10.3. The SMILES string of the molecule is Cn1cc(CNC(=O)Cc2ccco2)cn1. The minimum Gasteiger partial charge on any atom is -0.469 e. The van der Waals surface area contributed by atoms with Gasteiger partial charge in [0.1, 0.15) is 5.76 Å². The predicted molar refractivity (Wildman–Crippen MR) is 57.5 cm³/mol. The summed E-state index contributed by atoms with van der Waals surface area (Å²) in [6, 6.07) is 3.55. The summed E-state index contributed by atoms with van der Waals surface area (Å²) in [6.45, 7) is 0.493. The average molecular weight is 219 g/mol. The van der Waals surface area contributed by atoms with E-state index in [1.807, 2.05) is 13.2 Å². The van der Waals surface area contributed by atoms with E-state index >= 15 is 0 Å². The van der Waals surface area contributed by atoms with Gasteiger partial charge in [-0.25, -0.2) is 0 Å².